The zero-order valence-corrected chi connectivity index (χ0v) is 10.9. The van der Waals surface area contributed by atoms with Crippen molar-refractivity contribution in [3.8, 4) is 10.7 Å². The molecule has 2 aromatic heterocycles. The SMILES string of the molecule is Cc1cnc(-c2nc(C(C)C)cs2)c(C)c1. The standard InChI is InChI=1S/C13H16N2S/c1-8(2)11-7-16-13(15-11)12-10(4)5-9(3)6-14-12/h5-8H,1-4H3. The predicted molar refractivity (Wildman–Crippen MR) is 68.9 cm³/mol. The monoisotopic (exact) mass is 232 g/mol. The van der Waals surface area contributed by atoms with E-state index in [1.807, 2.05) is 6.20 Å². The highest BCUT2D eigenvalue weighted by molar-refractivity contribution is 7.13. The molecule has 0 aliphatic heterocycles. The molecule has 0 fully saturated rings. The van der Waals surface area contributed by atoms with Gasteiger partial charge in [0.25, 0.3) is 0 Å². The van der Waals surface area contributed by atoms with Crippen molar-refractivity contribution in [2.45, 2.75) is 33.6 Å². The number of nitrogens with zero attached hydrogens (tertiary/aromatic N) is 2. The van der Waals surface area contributed by atoms with Gasteiger partial charge in [-0.2, -0.15) is 0 Å². The van der Waals surface area contributed by atoms with Gasteiger partial charge in [-0.15, -0.1) is 11.3 Å². The predicted octanol–water partition coefficient (Wildman–Crippen LogP) is 3.95. The van der Waals surface area contributed by atoms with Crippen LogP contribution in [0.25, 0.3) is 10.7 Å². The molecule has 16 heavy (non-hydrogen) atoms. The summed E-state index contributed by atoms with van der Waals surface area (Å²) in [5.74, 6) is 0.482. The van der Waals surface area contributed by atoms with E-state index in [0.717, 1.165) is 16.4 Å². The van der Waals surface area contributed by atoms with E-state index in [0.29, 0.717) is 5.92 Å². The maximum Gasteiger partial charge on any atom is 0.142 e. The summed E-state index contributed by atoms with van der Waals surface area (Å²) >= 11 is 1.68. The second-order valence-electron chi connectivity index (χ2n) is 4.41. The minimum atomic E-state index is 0.482. The summed E-state index contributed by atoms with van der Waals surface area (Å²) in [7, 11) is 0. The third-order valence-electron chi connectivity index (χ3n) is 2.53. The Morgan fingerprint density at radius 3 is 2.56 bits per heavy atom. The molecule has 0 atom stereocenters. The van der Waals surface area contributed by atoms with E-state index >= 15 is 0 Å². The molecular weight excluding hydrogens is 216 g/mol. The van der Waals surface area contributed by atoms with Crippen LogP contribution in [0.4, 0.5) is 0 Å². The molecule has 2 nitrogen and oxygen atoms in total. The van der Waals surface area contributed by atoms with Gasteiger partial charge in [0.15, 0.2) is 0 Å². The largest absolute Gasteiger partial charge is 0.253 e. The van der Waals surface area contributed by atoms with Crippen LogP contribution in [0.15, 0.2) is 17.6 Å². The molecule has 0 aromatic carbocycles. The second kappa shape index (κ2) is 4.34. The first-order valence-corrected chi connectivity index (χ1v) is 6.35. The Morgan fingerprint density at radius 2 is 2.00 bits per heavy atom. The summed E-state index contributed by atoms with van der Waals surface area (Å²) in [6, 6.07) is 2.15. The fourth-order valence-electron chi connectivity index (χ4n) is 1.60. The fraction of sp³-hybridized carbons (Fsp3) is 0.385. The van der Waals surface area contributed by atoms with E-state index in [-0.39, 0.29) is 0 Å². The first-order chi connectivity index (χ1) is 7.58. The van der Waals surface area contributed by atoms with Crippen molar-refractivity contribution >= 4 is 11.3 Å². The number of hydrogen-bond acceptors (Lipinski definition) is 3. The quantitative estimate of drug-likeness (QED) is 0.783. The molecule has 84 valence electrons. The molecule has 0 aliphatic carbocycles. The molecule has 2 rings (SSSR count). The van der Waals surface area contributed by atoms with E-state index in [4.69, 9.17) is 0 Å². The fourth-order valence-corrected chi connectivity index (χ4v) is 2.64. The Bertz CT molecular complexity index is 500. The van der Waals surface area contributed by atoms with Gasteiger partial charge in [-0.1, -0.05) is 19.9 Å². The Kier molecular flexibility index (Phi) is 3.06. The number of rotatable bonds is 2. The minimum absolute atomic E-state index is 0.482. The van der Waals surface area contributed by atoms with Gasteiger partial charge in [0.05, 0.1) is 5.69 Å². The van der Waals surface area contributed by atoms with E-state index in [9.17, 15) is 0 Å². The van der Waals surface area contributed by atoms with E-state index in [1.54, 1.807) is 11.3 Å². The maximum atomic E-state index is 4.63. The second-order valence-corrected chi connectivity index (χ2v) is 5.27. The van der Waals surface area contributed by atoms with Crippen LogP contribution in [0.3, 0.4) is 0 Å². The number of aromatic nitrogens is 2. The minimum Gasteiger partial charge on any atom is -0.253 e. The first-order valence-electron chi connectivity index (χ1n) is 5.47. The maximum absolute atomic E-state index is 4.63. The van der Waals surface area contributed by atoms with Crippen molar-refractivity contribution in [3.63, 3.8) is 0 Å². The summed E-state index contributed by atoms with van der Waals surface area (Å²) in [5.41, 5.74) is 4.57. The van der Waals surface area contributed by atoms with Gasteiger partial charge in [0, 0.05) is 11.6 Å². The topological polar surface area (TPSA) is 25.8 Å². The highest BCUT2D eigenvalue weighted by atomic mass is 32.1. The molecule has 0 bridgehead atoms. The molecule has 0 unspecified atom stereocenters. The Hall–Kier alpha value is -1.22. The van der Waals surface area contributed by atoms with Crippen LogP contribution in [0.5, 0.6) is 0 Å². The molecule has 2 heterocycles. The lowest BCUT2D eigenvalue weighted by Gasteiger charge is -2.02. The van der Waals surface area contributed by atoms with E-state index in [1.165, 1.54) is 11.1 Å². The van der Waals surface area contributed by atoms with Crippen molar-refractivity contribution in [2.75, 3.05) is 0 Å². The summed E-state index contributed by atoms with van der Waals surface area (Å²) in [4.78, 5) is 9.10. The molecule has 0 N–H and O–H groups in total. The van der Waals surface area contributed by atoms with Crippen molar-refractivity contribution in [2.24, 2.45) is 0 Å². The third-order valence-corrected chi connectivity index (χ3v) is 3.40. The van der Waals surface area contributed by atoms with Crippen molar-refractivity contribution in [1.29, 1.82) is 0 Å². The molecule has 0 amide bonds. The number of aryl methyl sites for hydroxylation is 2. The molecule has 2 aromatic rings. The average Bonchev–Trinajstić information content (AvgIpc) is 2.66. The van der Waals surface area contributed by atoms with Crippen molar-refractivity contribution in [1.82, 2.24) is 9.97 Å². The highest BCUT2D eigenvalue weighted by Crippen LogP contribution is 2.27. The molecule has 0 spiro atoms. The molecule has 0 saturated carbocycles. The van der Waals surface area contributed by atoms with Gasteiger partial charge in [-0.25, -0.2) is 4.98 Å². The number of pyridine rings is 1. The number of thiazole rings is 1. The molecule has 0 saturated heterocycles. The Labute approximate surface area is 100 Å². The molecular formula is C13H16N2S. The third kappa shape index (κ3) is 2.14. The van der Waals surface area contributed by atoms with Crippen molar-refractivity contribution in [3.05, 3.63) is 34.5 Å². The van der Waals surface area contributed by atoms with E-state index < -0.39 is 0 Å². The van der Waals surface area contributed by atoms with Crippen molar-refractivity contribution < 1.29 is 0 Å². The highest BCUT2D eigenvalue weighted by Gasteiger charge is 2.10. The smallest absolute Gasteiger partial charge is 0.142 e. The lowest BCUT2D eigenvalue weighted by Crippen LogP contribution is -1.91. The zero-order chi connectivity index (χ0) is 11.7. The Balaban J connectivity index is 2.42. The van der Waals surface area contributed by atoms with E-state index in [2.05, 4.69) is 49.1 Å². The summed E-state index contributed by atoms with van der Waals surface area (Å²) in [6.07, 6.45) is 1.90. The van der Waals surface area contributed by atoms with Crippen LogP contribution in [0, 0.1) is 13.8 Å². The normalized spacial score (nSPS) is 11.1. The van der Waals surface area contributed by atoms with Crippen LogP contribution in [-0.2, 0) is 0 Å². The van der Waals surface area contributed by atoms with Gasteiger partial charge in [-0.05, 0) is 30.9 Å². The zero-order valence-electron chi connectivity index (χ0n) is 10.1. The Morgan fingerprint density at radius 1 is 1.25 bits per heavy atom. The summed E-state index contributed by atoms with van der Waals surface area (Å²) in [5, 5.41) is 3.15. The first kappa shape index (κ1) is 11.3. The van der Waals surface area contributed by atoms with Gasteiger partial charge in [0.1, 0.15) is 10.7 Å². The molecule has 3 heteroatoms. The summed E-state index contributed by atoms with van der Waals surface area (Å²) < 4.78 is 0. The number of hydrogen-bond donors (Lipinski definition) is 0. The average molecular weight is 232 g/mol. The van der Waals surface area contributed by atoms with Gasteiger partial charge in [0.2, 0.25) is 0 Å². The van der Waals surface area contributed by atoms with Gasteiger partial charge < -0.3 is 0 Å². The molecule has 0 radical (unpaired) electrons. The van der Waals surface area contributed by atoms with Crippen LogP contribution >= 0.6 is 11.3 Å². The van der Waals surface area contributed by atoms with Crippen LogP contribution in [0.1, 0.15) is 36.6 Å². The lowest BCUT2D eigenvalue weighted by molar-refractivity contribution is 0.833. The van der Waals surface area contributed by atoms with Crippen LogP contribution in [-0.4, -0.2) is 9.97 Å². The van der Waals surface area contributed by atoms with Gasteiger partial charge >= 0.3 is 0 Å². The van der Waals surface area contributed by atoms with Crippen LogP contribution < -0.4 is 0 Å². The van der Waals surface area contributed by atoms with Gasteiger partial charge in [-0.3, -0.25) is 4.98 Å². The molecule has 0 aliphatic rings. The lowest BCUT2D eigenvalue weighted by atomic mass is 10.1. The summed E-state index contributed by atoms with van der Waals surface area (Å²) in [6.45, 7) is 8.47. The van der Waals surface area contributed by atoms with Crippen LogP contribution in [0.2, 0.25) is 0 Å².